The first-order valence-corrected chi connectivity index (χ1v) is 8.94. The van der Waals surface area contributed by atoms with Gasteiger partial charge < -0.3 is 10.1 Å². The highest BCUT2D eigenvalue weighted by Gasteiger charge is 2.40. The number of fused-ring (bicyclic) bond motifs is 1. The van der Waals surface area contributed by atoms with E-state index in [2.05, 4.69) is 19.2 Å². The van der Waals surface area contributed by atoms with Crippen molar-refractivity contribution in [2.75, 3.05) is 13.2 Å². The van der Waals surface area contributed by atoms with Crippen LogP contribution in [0.5, 0.6) is 0 Å². The molecule has 0 radical (unpaired) electrons. The van der Waals surface area contributed by atoms with Gasteiger partial charge in [-0.1, -0.05) is 13.8 Å². The largest absolute Gasteiger partial charge is 0.378 e. The van der Waals surface area contributed by atoms with Crippen LogP contribution in [0.2, 0.25) is 0 Å². The minimum absolute atomic E-state index is 0.0734. The van der Waals surface area contributed by atoms with Crippen molar-refractivity contribution in [1.82, 2.24) is 10.3 Å². The summed E-state index contributed by atoms with van der Waals surface area (Å²) in [4.78, 5) is 6.55. The Hall–Kier alpha value is -0.450. The van der Waals surface area contributed by atoms with Crippen molar-refractivity contribution in [2.24, 2.45) is 0 Å². The first-order chi connectivity index (χ1) is 9.77. The van der Waals surface area contributed by atoms with Gasteiger partial charge in [0.05, 0.1) is 17.3 Å². The van der Waals surface area contributed by atoms with Crippen LogP contribution in [0.3, 0.4) is 0 Å². The second kappa shape index (κ2) is 6.12. The number of ether oxygens (including phenoxy) is 1. The average Bonchev–Trinajstić information content (AvgIpc) is 3.07. The third kappa shape index (κ3) is 2.66. The summed E-state index contributed by atoms with van der Waals surface area (Å²) in [6.45, 7) is 6.39. The lowest BCUT2D eigenvalue weighted by molar-refractivity contribution is -0.0323. The van der Waals surface area contributed by atoms with Crippen LogP contribution in [0.25, 0.3) is 0 Å². The van der Waals surface area contributed by atoms with Crippen LogP contribution in [0, 0.1) is 0 Å². The van der Waals surface area contributed by atoms with E-state index in [0.29, 0.717) is 6.10 Å². The number of aryl methyl sites for hydroxylation is 2. The summed E-state index contributed by atoms with van der Waals surface area (Å²) in [5, 5.41) is 5.15. The van der Waals surface area contributed by atoms with Gasteiger partial charge in [-0.05, 0) is 51.5 Å². The number of hydrogen-bond acceptors (Lipinski definition) is 4. The molecule has 1 aromatic rings. The number of hydrogen-bond donors (Lipinski definition) is 1. The highest BCUT2D eigenvalue weighted by atomic mass is 32.1. The Kier molecular flexibility index (Phi) is 4.43. The van der Waals surface area contributed by atoms with Gasteiger partial charge >= 0.3 is 0 Å². The van der Waals surface area contributed by atoms with Crippen molar-refractivity contribution in [3.63, 3.8) is 0 Å². The smallest absolute Gasteiger partial charge is 0.113 e. The second-order valence-corrected chi connectivity index (χ2v) is 7.19. The lowest BCUT2D eigenvalue weighted by Gasteiger charge is -2.40. The fraction of sp³-hybridized carbons (Fsp3) is 0.812. The van der Waals surface area contributed by atoms with E-state index < -0.39 is 0 Å². The van der Waals surface area contributed by atoms with Gasteiger partial charge in [-0.25, -0.2) is 4.98 Å². The number of rotatable bonds is 5. The molecule has 0 spiro atoms. The predicted octanol–water partition coefficient (Wildman–Crippen LogP) is 3.42. The fourth-order valence-corrected chi connectivity index (χ4v) is 4.76. The van der Waals surface area contributed by atoms with Crippen molar-refractivity contribution < 1.29 is 4.74 Å². The minimum Gasteiger partial charge on any atom is -0.378 e. The van der Waals surface area contributed by atoms with E-state index in [1.165, 1.54) is 41.3 Å². The molecule has 112 valence electrons. The average molecular weight is 294 g/mol. The number of nitrogens with zero attached hydrogens (tertiary/aromatic N) is 1. The molecule has 0 aromatic carbocycles. The SMILES string of the molecule is CCCNC1(c2nc3c(s2)CCC3)CCOC(CC)C1. The van der Waals surface area contributed by atoms with Gasteiger partial charge in [0.25, 0.3) is 0 Å². The summed E-state index contributed by atoms with van der Waals surface area (Å²) in [7, 11) is 0. The Morgan fingerprint density at radius 3 is 3.05 bits per heavy atom. The summed E-state index contributed by atoms with van der Waals surface area (Å²) in [5.74, 6) is 0. The molecule has 4 heteroatoms. The minimum atomic E-state index is 0.0734. The van der Waals surface area contributed by atoms with Gasteiger partial charge in [0.2, 0.25) is 0 Å². The molecule has 1 saturated heterocycles. The van der Waals surface area contributed by atoms with Crippen LogP contribution in [0.4, 0.5) is 0 Å². The fourth-order valence-electron chi connectivity index (χ4n) is 3.40. The molecule has 20 heavy (non-hydrogen) atoms. The van der Waals surface area contributed by atoms with E-state index in [9.17, 15) is 0 Å². The van der Waals surface area contributed by atoms with Crippen molar-refractivity contribution in [3.05, 3.63) is 15.6 Å². The van der Waals surface area contributed by atoms with Crippen molar-refractivity contribution >= 4 is 11.3 Å². The normalized spacial score (nSPS) is 29.6. The Labute approximate surface area is 126 Å². The van der Waals surface area contributed by atoms with Crippen molar-refractivity contribution in [3.8, 4) is 0 Å². The maximum atomic E-state index is 5.90. The molecule has 1 aliphatic heterocycles. The van der Waals surface area contributed by atoms with Gasteiger partial charge in [0.15, 0.2) is 0 Å². The van der Waals surface area contributed by atoms with E-state index >= 15 is 0 Å². The Balaban J connectivity index is 1.87. The molecular formula is C16H26N2OS. The lowest BCUT2D eigenvalue weighted by atomic mass is 9.86. The third-order valence-electron chi connectivity index (χ3n) is 4.63. The molecule has 1 aliphatic carbocycles. The van der Waals surface area contributed by atoms with E-state index in [1.807, 2.05) is 11.3 Å². The third-order valence-corrected chi connectivity index (χ3v) is 5.99. The van der Waals surface area contributed by atoms with Gasteiger partial charge in [-0.15, -0.1) is 11.3 Å². The molecule has 3 rings (SSSR count). The zero-order valence-electron chi connectivity index (χ0n) is 12.7. The first kappa shape index (κ1) is 14.5. The standard InChI is InChI=1S/C16H26N2OS/c1-3-9-17-16(8-10-19-12(4-2)11-16)15-18-13-6-5-7-14(13)20-15/h12,17H,3-11H2,1-2H3. The Morgan fingerprint density at radius 1 is 1.40 bits per heavy atom. The number of aromatic nitrogens is 1. The number of nitrogens with one attached hydrogen (secondary N) is 1. The van der Waals surface area contributed by atoms with E-state index in [0.717, 1.165) is 32.4 Å². The summed E-state index contributed by atoms with van der Waals surface area (Å²) in [6.07, 6.45) is 8.52. The highest BCUT2D eigenvalue weighted by molar-refractivity contribution is 7.12. The van der Waals surface area contributed by atoms with Crippen LogP contribution in [-0.4, -0.2) is 24.2 Å². The zero-order valence-corrected chi connectivity index (χ0v) is 13.5. The van der Waals surface area contributed by atoms with Crippen molar-refractivity contribution in [1.29, 1.82) is 0 Å². The van der Waals surface area contributed by atoms with Crippen molar-refractivity contribution in [2.45, 2.75) is 70.4 Å². The Morgan fingerprint density at radius 2 is 2.30 bits per heavy atom. The molecule has 1 aromatic heterocycles. The van der Waals surface area contributed by atoms with Gasteiger partial charge in [0, 0.05) is 11.5 Å². The number of thiazole rings is 1. The highest BCUT2D eigenvalue weighted by Crippen LogP contribution is 2.40. The topological polar surface area (TPSA) is 34.2 Å². The lowest BCUT2D eigenvalue weighted by Crippen LogP contribution is -2.49. The molecule has 0 saturated carbocycles. The van der Waals surface area contributed by atoms with Crippen LogP contribution in [0.1, 0.15) is 61.5 Å². The van der Waals surface area contributed by atoms with Crippen LogP contribution < -0.4 is 5.32 Å². The van der Waals surface area contributed by atoms with E-state index in [-0.39, 0.29) is 5.54 Å². The maximum absolute atomic E-state index is 5.90. The molecule has 2 unspecified atom stereocenters. The van der Waals surface area contributed by atoms with Gasteiger partial charge in [0.1, 0.15) is 5.01 Å². The zero-order chi connectivity index (χ0) is 14.0. The summed E-state index contributed by atoms with van der Waals surface area (Å²) < 4.78 is 5.90. The van der Waals surface area contributed by atoms with Crippen LogP contribution >= 0.6 is 11.3 Å². The maximum Gasteiger partial charge on any atom is 0.113 e. The van der Waals surface area contributed by atoms with Gasteiger partial charge in [-0.2, -0.15) is 0 Å². The summed E-state index contributed by atoms with van der Waals surface area (Å²) in [6, 6.07) is 0. The molecule has 2 aliphatic rings. The monoisotopic (exact) mass is 294 g/mol. The molecule has 2 heterocycles. The summed E-state index contributed by atoms with van der Waals surface area (Å²) >= 11 is 1.96. The quantitative estimate of drug-likeness (QED) is 0.903. The Bertz CT molecular complexity index is 438. The van der Waals surface area contributed by atoms with E-state index in [4.69, 9.17) is 9.72 Å². The van der Waals surface area contributed by atoms with Gasteiger partial charge in [-0.3, -0.25) is 0 Å². The molecule has 2 atom stereocenters. The summed E-state index contributed by atoms with van der Waals surface area (Å²) in [5.41, 5.74) is 1.45. The molecular weight excluding hydrogens is 268 g/mol. The van der Waals surface area contributed by atoms with Crippen LogP contribution in [-0.2, 0) is 23.1 Å². The molecule has 1 fully saturated rings. The molecule has 0 bridgehead atoms. The second-order valence-electron chi connectivity index (χ2n) is 6.11. The van der Waals surface area contributed by atoms with Crippen LogP contribution in [0.15, 0.2) is 0 Å². The predicted molar refractivity (Wildman–Crippen MR) is 83.4 cm³/mol. The molecule has 3 nitrogen and oxygen atoms in total. The molecule has 0 amide bonds. The van der Waals surface area contributed by atoms with E-state index in [1.54, 1.807) is 0 Å². The molecule has 1 N–H and O–H groups in total. The first-order valence-electron chi connectivity index (χ1n) is 8.13.